The van der Waals surface area contributed by atoms with Crippen LogP contribution in [0.5, 0.6) is 0 Å². The predicted molar refractivity (Wildman–Crippen MR) is 50.6 cm³/mol. The lowest BCUT2D eigenvalue weighted by molar-refractivity contribution is -0.257. The van der Waals surface area contributed by atoms with E-state index in [9.17, 15) is 9.59 Å². The van der Waals surface area contributed by atoms with Gasteiger partial charge in [0.1, 0.15) is 6.04 Å². The Kier molecular flexibility index (Phi) is 2.09. The van der Waals surface area contributed by atoms with Crippen LogP contribution in [-0.2, 0) is 4.79 Å². The summed E-state index contributed by atoms with van der Waals surface area (Å²) in [5, 5.41) is 9.59. The third kappa shape index (κ3) is 1.23. The van der Waals surface area contributed by atoms with Crippen LogP contribution in [0.2, 0.25) is 0 Å². The molecule has 74 valence electrons. The average molecular weight is 213 g/mol. The van der Waals surface area contributed by atoms with Gasteiger partial charge >= 0.3 is 11.5 Å². The molecule has 1 aromatic heterocycles. The Balaban J connectivity index is 2.63. The number of aromatic nitrogens is 1. The molecule has 0 spiro atoms. The molecule has 0 radical (unpaired) electrons. The van der Waals surface area contributed by atoms with E-state index in [2.05, 4.69) is 5.73 Å². The molecule has 5 nitrogen and oxygen atoms in total. The summed E-state index contributed by atoms with van der Waals surface area (Å²) in [5.41, 5.74) is 3.59. The molecule has 0 aliphatic carbocycles. The Labute approximate surface area is 83.5 Å². The Morgan fingerprint density at radius 1 is 1.64 bits per heavy atom. The lowest BCUT2D eigenvalue weighted by Crippen LogP contribution is -2.48. The first-order chi connectivity index (χ1) is 6.61. The van der Waals surface area contributed by atoms with Crippen molar-refractivity contribution in [2.75, 3.05) is 5.75 Å². The van der Waals surface area contributed by atoms with Crippen molar-refractivity contribution >= 4 is 23.4 Å². The third-order valence-electron chi connectivity index (χ3n) is 2.14. The van der Waals surface area contributed by atoms with Gasteiger partial charge in [-0.15, -0.1) is 11.8 Å². The molecule has 1 unspecified atom stereocenters. The lowest BCUT2D eigenvalue weighted by atomic mass is 10.3. The first-order valence-corrected chi connectivity index (χ1v) is 5.03. The maximum absolute atomic E-state index is 11.6. The number of carbonyl (C=O) groups is 1. The Bertz CT molecular complexity index is 454. The molecule has 0 aromatic carbocycles. The van der Waals surface area contributed by atoms with Crippen molar-refractivity contribution in [2.24, 2.45) is 0 Å². The highest BCUT2D eigenvalue weighted by Crippen LogP contribution is 2.31. The van der Waals surface area contributed by atoms with Crippen molar-refractivity contribution in [1.82, 2.24) is 4.57 Å². The van der Waals surface area contributed by atoms with E-state index in [0.717, 1.165) is 0 Å². The van der Waals surface area contributed by atoms with E-state index < -0.39 is 12.0 Å². The minimum Gasteiger partial charge on any atom is -0.480 e. The average Bonchev–Trinajstić information content (AvgIpc) is 2.55. The van der Waals surface area contributed by atoms with E-state index in [1.165, 1.54) is 16.3 Å². The number of hydrogen-bond acceptors (Lipinski definition) is 3. The summed E-state index contributed by atoms with van der Waals surface area (Å²) < 4.78 is 1.30. The van der Waals surface area contributed by atoms with Crippen molar-refractivity contribution in [3.8, 4) is 0 Å². The van der Waals surface area contributed by atoms with Crippen molar-refractivity contribution in [3.63, 3.8) is 0 Å². The zero-order chi connectivity index (χ0) is 10.3. The summed E-state index contributed by atoms with van der Waals surface area (Å²) in [4.78, 5) is 22.4. The minimum atomic E-state index is -0.969. The summed E-state index contributed by atoms with van der Waals surface area (Å²) in [5.74, 6) is -0.558. The molecule has 1 aromatic rings. The van der Waals surface area contributed by atoms with Crippen molar-refractivity contribution in [1.29, 1.82) is 0 Å². The minimum absolute atomic E-state index is 0.306. The van der Waals surface area contributed by atoms with Gasteiger partial charge in [-0.3, -0.25) is 9.36 Å². The summed E-state index contributed by atoms with van der Waals surface area (Å²) in [6.45, 7) is 0. The smallest absolute Gasteiger partial charge is 0.327 e. The highest BCUT2D eigenvalue weighted by atomic mass is 32.2. The number of carboxylic acid groups (broad SMARTS) is 1. The molecule has 1 atom stereocenters. The molecule has 2 rings (SSSR count). The topological polar surface area (TPSA) is 86.9 Å². The zero-order valence-electron chi connectivity index (χ0n) is 7.27. The van der Waals surface area contributed by atoms with Crippen LogP contribution < -0.4 is 11.3 Å². The number of pyridine rings is 1. The predicted octanol–water partition coefficient (Wildman–Crippen LogP) is -0.547. The standard InChI is InChI=1S/C8H8N2O3S/c9-4-1-2-6-10(7(4)11)5(3-14-6)8(12)13/h1-2,5H,3,9H2,(H,12,13)/p+1. The van der Waals surface area contributed by atoms with Gasteiger partial charge < -0.3 is 10.8 Å². The number of nitrogens with zero attached hydrogens (tertiary/aromatic N) is 1. The molecule has 6 heteroatoms. The number of fused-ring (bicyclic) bond motifs is 1. The third-order valence-corrected chi connectivity index (χ3v) is 3.25. The lowest BCUT2D eigenvalue weighted by Gasteiger charge is -2.07. The fourth-order valence-corrected chi connectivity index (χ4v) is 2.55. The van der Waals surface area contributed by atoms with Crippen LogP contribution in [0.25, 0.3) is 0 Å². The van der Waals surface area contributed by atoms with Gasteiger partial charge in [0.05, 0.1) is 5.03 Å². The summed E-state index contributed by atoms with van der Waals surface area (Å²) in [6.07, 6.45) is 0. The quantitative estimate of drug-likeness (QED) is 0.655. The van der Waals surface area contributed by atoms with Gasteiger partial charge in [-0.1, -0.05) is 0 Å². The van der Waals surface area contributed by atoms with Crippen LogP contribution in [0, 0.1) is 0 Å². The van der Waals surface area contributed by atoms with E-state index in [1.807, 2.05) is 0 Å². The number of aliphatic carboxylic acids is 1. The largest absolute Gasteiger partial charge is 0.480 e. The van der Waals surface area contributed by atoms with Crippen molar-refractivity contribution in [3.05, 3.63) is 22.5 Å². The Morgan fingerprint density at radius 2 is 2.36 bits per heavy atom. The highest BCUT2D eigenvalue weighted by Gasteiger charge is 2.30. The first kappa shape index (κ1) is 9.29. The second kappa shape index (κ2) is 3.14. The van der Waals surface area contributed by atoms with Crippen LogP contribution >= 0.6 is 11.8 Å². The van der Waals surface area contributed by atoms with Crippen LogP contribution in [0.1, 0.15) is 6.04 Å². The molecule has 4 N–H and O–H groups in total. The van der Waals surface area contributed by atoms with Gasteiger partial charge in [0.25, 0.3) is 0 Å². The molecule has 14 heavy (non-hydrogen) atoms. The Hall–Kier alpha value is -1.27. The number of carboxylic acids is 1. The summed E-state index contributed by atoms with van der Waals surface area (Å²) >= 11 is 1.38. The van der Waals surface area contributed by atoms with Gasteiger partial charge in [0.15, 0.2) is 5.69 Å². The summed E-state index contributed by atoms with van der Waals surface area (Å²) in [7, 11) is 0. The second-order valence-electron chi connectivity index (χ2n) is 3.04. The van der Waals surface area contributed by atoms with Gasteiger partial charge in [0.2, 0.25) is 0 Å². The molecule has 0 saturated carbocycles. The number of rotatable bonds is 1. The summed E-state index contributed by atoms with van der Waals surface area (Å²) in [6, 6.07) is 2.60. The fraction of sp³-hybridized carbons (Fsp3) is 0.250. The molecular weight excluding hydrogens is 204 g/mol. The Morgan fingerprint density at radius 3 is 3.00 bits per heavy atom. The van der Waals surface area contributed by atoms with Gasteiger partial charge in [-0.2, -0.15) is 0 Å². The molecular formula is C8H9N2O3S+. The zero-order valence-corrected chi connectivity index (χ0v) is 8.08. The maximum atomic E-state index is 11.6. The molecule has 0 bridgehead atoms. The van der Waals surface area contributed by atoms with Crippen LogP contribution in [0.4, 0.5) is 5.69 Å². The maximum Gasteiger partial charge on any atom is 0.327 e. The number of thioether (sulfide) groups is 1. The van der Waals surface area contributed by atoms with Crippen molar-refractivity contribution < 1.29 is 15.6 Å². The van der Waals surface area contributed by atoms with Gasteiger partial charge in [-0.05, 0) is 6.07 Å². The van der Waals surface area contributed by atoms with Gasteiger partial charge in [-0.25, -0.2) is 4.79 Å². The van der Waals surface area contributed by atoms with Crippen molar-refractivity contribution in [2.45, 2.75) is 11.1 Å². The number of quaternary nitrogens is 1. The van der Waals surface area contributed by atoms with Crippen LogP contribution in [-0.4, -0.2) is 21.4 Å². The monoisotopic (exact) mass is 213 g/mol. The highest BCUT2D eigenvalue weighted by molar-refractivity contribution is 7.99. The van der Waals surface area contributed by atoms with E-state index in [0.29, 0.717) is 16.5 Å². The molecule has 1 aliphatic rings. The number of hydrogen-bond donors (Lipinski definition) is 2. The molecule has 2 heterocycles. The van der Waals surface area contributed by atoms with E-state index in [-0.39, 0.29) is 5.56 Å². The second-order valence-corrected chi connectivity index (χ2v) is 4.08. The first-order valence-electron chi connectivity index (χ1n) is 4.04. The van der Waals surface area contributed by atoms with E-state index in [1.54, 1.807) is 12.1 Å². The molecule has 0 fully saturated rings. The fourth-order valence-electron chi connectivity index (χ4n) is 1.41. The van der Waals surface area contributed by atoms with E-state index >= 15 is 0 Å². The van der Waals surface area contributed by atoms with Crippen LogP contribution in [0.3, 0.4) is 0 Å². The molecule has 0 saturated heterocycles. The SMILES string of the molecule is [NH3+]c1ccc2n(c1=O)C(C(=O)O)CS2. The molecule has 0 amide bonds. The normalized spacial score (nSPS) is 19.4. The van der Waals surface area contributed by atoms with Gasteiger partial charge in [0, 0.05) is 11.8 Å². The molecule has 1 aliphatic heterocycles. The van der Waals surface area contributed by atoms with Crippen LogP contribution in [0.15, 0.2) is 22.0 Å². The van der Waals surface area contributed by atoms with E-state index in [4.69, 9.17) is 5.11 Å².